The minimum absolute atomic E-state index is 0.0291. The summed E-state index contributed by atoms with van der Waals surface area (Å²) in [5.41, 5.74) is 2.79. The van der Waals surface area contributed by atoms with Crippen LogP contribution in [0.2, 0.25) is 0 Å². The lowest BCUT2D eigenvalue weighted by atomic mass is 10.1. The second kappa shape index (κ2) is 8.73. The zero-order valence-electron chi connectivity index (χ0n) is 13.9. The average molecular weight is 348 g/mol. The number of amides is 1. The van der Waals surface area contributed by atoms with E-state index in [0.29, 0.717) is 19.1 Å². The van der Waals surface area contributed by atoms with Crippen LogP contribution in [0.4, 0.5) is 4.39 Å². The predicted molar refractivity (Wildman–Crippen MR) is 87.5 cm³/mol. The number of carbonyl (C=O) groups excluding carboxylic acids is 1. The van der Waals surface area contributed by atoms with Crippen LogP contribution in [0.25, 0.3) is 0 Å². The van der Waals surface area contributed by atoms with Gasteiger partial charge in [-0.05, 0) is 17.5 Å². The van der Waals surface area contributed by atoms with Gasteiger partial charge in [-0.1, -0.05) is 29.4 Å². The molecule has 0 spiro atoms. The molecule has 2 aliphatic heterocycles. The molecule has 1 amide bonds. The van der Waals surface area contributed by atoms with Gasteiger partial charge in [0.1, 0.15) is 12.9 Å². The van der Waals surface area contributed by atoms with Crippen molar-refractivity contribution in [1.82, 2.24) is 10.5 Å². The van der Waals surface area contributed by atoms with E-state index in [9.17, 15) is 9.18 Å². The highest BCUT2D eigenvalue weighted by molar-refractivity contribution is 5.93. The molecule has 0 radical (unpaired) electrons. The van der Waals surface area contributed by atoms with Crippen LogP contribution < -0.4 is 5.32 Å². The molecule has 1 aromatic carbocycles. The molecule has 1 saturated heterocycles. The summed E-state index contributed by atoms with van der Waals surface area (Å²) in [5.74, 6) is -0.0574. The van der Waals surface area contributed by atoms with E-state index in [1.54, 1.807) is 0 Å². The third-order valence-electron chi connectivity index (χ3n) is 4.11. The van der Waals surface area contributed by atoms with Gasteiger partial charge in [0.2, 0.25) is 0 Å². The second-order valence-corrected chi connectivity index (χ2v) is 6.07. The van der Waals surface area contributed by atoms with E-state index in [4.69, 9.17) is 9.47 Å². The normalized spacial score (nSPS) is 18.4. The van der Waals surface area contributed by atoms with E-state index < -0.39 is 12.6 Å². The average Bonchev–Trinajstić information content (AvgIpc) is 3.32. The van der Waals surface area contributed by atoms with Gasteiger partial charge in [0.15, 0.2) is 5.69 Å². The van der Waals surface area contributed by atoms with Crippen LogP contribution in [-0.4, -0.2) is 30.8 Å². The first kappa shape index (κ1) is 17.6. The molecule has 25 heavy (non-hydrogen) atoms. The first-order chi connectivity index (χ1) is 12.3. The molecule has 1 fully saturated rings. The lowest BCUT2D eigenvalue weighted by molar-refractivity contribution is 0.0934. The van der Waals surface area contributed by atoms with Crippen LogP contribution in [0.3, 0.4) is 0 Å². The number of ether oxygens (including phenoxy) is 2. The summed E-state index contributed by atoms with van der Waals surface area (Å²) in [6, 6.07) is 8.43. The number of alkyl halides is 1. The zero-order valence-corrected chi connectivity index (χ0v) is 13.9. The number of hydrogen-bond donors (Lipinski definition) is 1. The van der Waals surface area contributed by atoms with Crippen LogP contribution >= 0.6 is 0 Å². The molecule has 0 aliphatic carbocycles. The van der Waals surface area contributed by atoms with Crippen LogP contribution in [0.5, 0.6) is 0 Å². The predicted octanol–water partition coefficient (Wildman–Crippen LogP) is 2.63. The monoisotopic (exact) mass is 348 g/mol. The van der Waals surface area contributed by atoms with E-state index in [-0.39, 0.29) is 11.3 Å². The van der Waals surface area contributed by atoms with Gasteiger partial charge in [0.05, 0.1) is 25.4 Å². The smallest absolute Gasteiger partial charge is 0.273 e. The summed E-state index contributed by atoms with van der Waals surface area (Å²) in [5, 5.41) is 6.17. The van der Waals surface area contributed by atoms with Gasteiger partial charge in [-0.2, -0.15) is 0 Å². The number of carbonyl (C=O) groups is 1. The summed E-state index contributed by atoms with van der Waals surface area (Å²) in [4.78, 5) is 11.6. The van der Waals surface area contributed by atoms with Gasteiger partial charge < -0.3 is 19.3 Å². The molecule has 4 rings (SSSR count). The topological polar surface area (TPSA) is 73.6 Å². The molecule has 7 heteroatoms. The maximum absolute atomic E-state index is 12.4. The minimum Gasteiger partial charge on any atom is -0.381 e. The van der Waals surface area contributed by atoms with Crippen molar-refractivity contribution in [2.75, 3.05) is 19.8 Å². The number of rotatable bonds is 4. The fourth-order valence-electron chi connectivity index (χ4n) is 2.70. The lowest BCUT2D eigenvalue weighted by Crippen LogP contribution is -2.30. The first-order valence-electron chi connectivity index (χ1n) is 8.27. The highest BCUT2D eigenvalue weighted by Gasteiger charge is 2.20. The Balaban J connectivity index is 0.000000170. The van der Waals surface area contributed by atoms with Gasteiger partial charge in [0, 0.05) is 19.1 Å². The number of nitrogens with zero attached hydrogens (tertiary/aromatic N) is 1. The molecule has 1 aromatic heterocycles. The van der Waals surface area contributed by atoms with E-state index >= 15 is 0 Å². The van der Waals surface area contributed by atoms with Crippen LogP contribution in [0.1, 0.15) is 33.6 Å². The quantitative estimate of drug-likeness (QED) is 0.919. The Labute approximate surface area is 145 Å². The number of aromatic nitrogens is 1. The summed E-state index contributed by atoms with van der Waals surface area (Å²) >= 11 is 0. The van der Waals surface area contributed by atoms with Crippen molar-refractivity contribution < 1.29 is 23.2 Å². The molecule has 3 heterocycles. The maximum Gasteiger partial charge on any atom is 0.273 e. The number of fused-ring (bicyclic) bond motifs is 2. The molecule has 0 saturated carbocycles. The Kier molecular flexibility index (Phi) is 6.14. The van der Waals surface area contributed by atoms with E-state index in [0.717, 1.165) is 32.5 Å². The van der Waals surface area contributed by atoms with Crippen LogP contribution in [0, 0.1) is 5.92 Å². The number of halogens is 1. The molecular formula is C18H21FN2O4. The summed E-state index contributed by atoms with van der Waals surface area (Å²) < 4.78 is 27.4. The largest absolute Gasteiger partial charge is 0.381 e. The zero-order chi connectivity index (χ0) is 17.5. The number of benzene rings is 1. The van der Waals surface area contributed by atoms with Gasteiger partial charge >= 0.3 is 0 Å². The summed E-state index contributed by atoms with van der Waals surface area (Å²) in [6.07, 6.45) is 2.09. The Hall–Kier alpha value is -2.25. The SMILES string of the molecule is O=C(NCC1CCOC1)c1nocc1CF.c1cc2cc(c1)COC2. The van der Waals surface area contributed by atoms with Crippen molar-refractivity contribution in [2.45, 2.75) is 26.3 Å². The Morgan fingerprint density at radius 1 is 1.28 bits per heavy atom. The fourth-order valence-corrected chi connectivity index (χ4v) is 2.70. The van der Waals surface area contributed by atoms with Crippen molar-refractivity contribution in [3.8, 4) is 0 Å². The third kappa shape index (κ3) is 4.87. The lowest BCUT2D eigenvalue weighted by Gasteiger charge is -2.11. The highest BCUT2D eigenvalue weighted by atomic mass is 19.1. The number of hydrogen-bond acceptors (Lipinski definition) is 5. The van der Waals surface area contributed by atoms with Gasteiger partial charge in [-0.3, -0.25) is 4.79 Å². The molecule has 2 bridgehead atoms. The molecular weight excluding hydrogens is 327 g/mol. The van der Waals surface area contributed by atoms with Crippen molar-refractivity contribution in [2.24, 2.45) is 5.92 Å². The molecule has 2 aliphatic rings. The number of nitrogens with one attached hydrogen (secondary N) is 1. The summed E-state index contributed by atoms with van der Waals surface area (Å²) in [6.45, 7) is 2.74. The second-order valence-electron chi connectivity index (χ2n) is 6.07. The fraction of sp³-hybridized carbons (Fsp3) is 0.444. The molecule has 1 unspecified atom stereocenters. The Bertz CT molecular complexity index is 679. The maximum atomic E-state index is 12.4. The van der Waals surface area contributed by atoms with Crippen molar-refractivity contribution in [3.63, 3.8) is 0 Å². The minimum atomic E-state index is -0.751. The molecule has 6 nitrogen and oxygen atoms in total. The molecule has 1 N–H and O–H groups in total. The molecule has 134 valence electrons. The van der Waals surface area contributed by atoms with Crippen molar-refractivity contribution in [1.29, 1.82) is 0 Å². The van der Waals surface area contributed by atoms with Crippen molar-refractivity contribution >= 4 is 5.91 Å². The standard InChI is InChI=1S/C10H13FN2O3.C8H8O/c11-3-8-6-16-13-9(8)10(14)12-4-7-1-2-15-5-7;1-2-7-4-8(3-1)6-9-5-7/h6-7H,1-5H2,(H,12,14);1-4H,5-6H2. The first-order valence-corrected chi connectivity index (χ1v) is 8.27. The Morgan fingerprint density at radius 3 is 2.72 bits per heavy atom. The van der Waals surface area contributed by atoms with Crippen molar-refractivity contribution in [3.05, 3.63) is 52.9 Å². The third-order valence-corrected chi connectivity index (χ3v) is 4.11. The Morgan fingerprint density at radius 2 is 2.08 bits per heavy atom. The van der Waals surface area contributed by atoms with Crippen LogP contribution in [0.15, 0.2) is 35.1 Å². The van der Waals surface area contributed by atoms with Crippen LogP contribution in [-0.2, 0) is 29.4 Å². The van der Waals surface area contributed by atoms with E-state index in [2.05, 4.69) is 39.3 Å². The highest BCUT2D eigenvalue weighted by Crippen LogP contribution is 2.14. The van der Waals surface area contributed by atoms with E-state index in [1.807, 2.05) is 0 Å². The van der Waals surface area contributed by atoms with E-state index in [1.165, 1.54) is 11.1 Å². The van der Waals surface area contributed by atoms with Gasteiger partial charge in [-0.15, -0.1) is 0 Å². The summed E-state index contributed by atoms with van der Waals surface area (Å²) in [7, 11) is 0. The molecule has 2 aromatic rings. The molecule has 1 atom stereocenters. The van der Waals surface area contributed by atoms with Gasteiger partial charge in [-0.25, -0.2) is 4.39 Å². The van der Waals surface area contributed by atoms with Gasteiger partial charge in [0.25, 0.3) is 5.91 Å².